The lowest BCUT2D eigenvalue weighted by Gasteiger charge is -2.10. The summed E-state index contributed by atoms with van der Waals surface area (Å²) in [4.78, 5) is 0. The summed E-state index contributed by atoms with van der Waals surface area (Å²) >= 11 is 2.82. The lowest BCUT2D eigenvalue weighted by molar-refractivity contribution is -0.137. The topological polar surface area (TPSA) is 9.23 Å². The van der Waals surface area contributed by atoms with Gasteiger partial charge in [-0.15, -0.1) is 0 Å². The third-order valence-electron chi connectivity index (χ3n) is 1.37. The van der Waals surface area contributed by atoms with Gasteiger partial charge in [-0.1, -0.05) is 15.9 Å². The van der Waals surface area contributed by atoms with Crippen molar-refractivity contribution in [2.24, 2.45) is 0 Å². The van der Waals surface area contributed by atoms with E-state index in [1.807, 2.05) is 0 Å². The summed E-state index contributed by atoms with van der Waals surface area (Å²) in [6.45, 7) is -6.20. The minimum absolute atomic E-state index is 0.00123. The Morgan fingerprint density at radius 2 is 2.21 bits per heavy atom. The minimum Gasteiger partial charge on any atom is -0.494 e. The van der Waals surface area contributed by atoms with Gasteiger partial charge in [-0.25, -0.2) is 0 Å². The molecule has 1 aromatic rings. The van der Waals surface area contributed by atoms with Crippen molar-refractivity contribution >= 4 is 15.9 Å². The first-order valence-corrected chi connectivity index (χ1v) is 4.19. The van der Waals surface area contributed by atoms with E-state index >= 15 is 0 Å². The maximum Gasteiger partial charge on any atom is 0.416 e. The number of hydrogen-bond donors (Lipinski definition) is 0. The van der Waals surface area contributed by atoms with Crippen molar-refractivity contribution in [2.75, 3.05) is 6.56 Å². The second-order valence-corrected chi connectivity index (χ2v) is 3.29. The Morgan fingerprint density at radius 3 is 2.79 bits per heavy atom. The van der Waals surface area contributed by atoms with Crippen LogP contribution in [0.15, 0.2) is 22.7 Å². The summed E-state index contributed by atoms with van der Waals surface area (Å²) in [7, 11) is 0. The Bertz CT molecular complexity index is 472. The second kappa shape index (κ2) is 4.21. The van der Waals surface area contributed by atoms with Gasteiger partial charge in [-0.3, -0.25) is 0 Å². The van der Waals surface area contributed by atoms with Gasteiger partial charge in [0.25, 0.3) is 0 Å². The van der Waals surface area contributed by atoms with Crippen LogP contribution in [0, 0.1) is 0 Å². The van der Waals surface area contributed by atoms with Crippen LogP contribution in [0.3, 0.4) is 0 Å². The van der Waals surface area contributed by atoms with Gasteiger partial charge in [-0.05, 0) is 25.1 Å². The summed E-state index contributed by atoms with van der Waals surface area (Å²) in [5, 5.41) is 0. The molecule has 1 aromatic carbocycles. The summed E-state index contributed by atoms with van der Waals surface area (Å²) in [6, 6.07) is 2.37. The van der Waals surface area contributed by atoms with Gasteiger partial charge in [0.15, 0.2) is 0 Å². The Hall–Kier alpha value is -0.710. The molecule has 0 radical (unpaired) electrons. The second-order valence-electron chi connectivity index (χ2n) is 2.38. The van der Waals surface area contributed by atoms with Crippen molar-refractivity contribution < 1.29 is 24.8 Å². The first-order valence-electron chi connectivity index (χ1n) is 5.90. The van der Waals surface area contributed by atoms with E-state index in [1.165, 1.54) is 0 Å². The van der Waals surface area contributed by atoms with Crippen LogP contribution >= 0.6 is 15.9 Å². The van der Waals surface area contributed by atoms with E-state index in [1.54, 1.807) is 0 Å². The molecule has 0 spiro atoms. The number of halogens is 4. The molecule has 0 aliphatic rings. The SMILES string of the molecule is [2H]C([2H])([2H])C([2H])([2H])Oc1cc(Br)cc(C(F)(F)F)c1. The largest absolute Gasteiger partial charge is 0.494 e. The molecule has 0 aliphatic heterocycles. The smallest absolute Gasteiger partial charge is 0.416 e. The van der Waals surface area contributed by atoms with Crippen molar-refractivity contribution in [1.82, 2.24) is 0 Å². The van der Waals surface area contributed by atoms with Gasteiger partial charge < -0.3 is 4.74 Å². The van der Waals surface area contributed by atoms with Crippen molar-refractivity contribution in [3.05, 3.63) is 28.2 Å². The Morgan fingerprint density at radius 1 is 1.50 bits per heavy atom. The molecule has 0 aromatic heterocycles. The molecule has 0 heterocycles. The highest BCUT2D eigenvalue weighted by molar-refractivity contribution is 9.10. The molecule has 0 saturated heterocycles. The van der Waals surface area contributed by atoms with Gasteiger partial charge in [0.1, 0.15) is 5.75 Å². The fraction of sp³-hybridized carbons (Fsp3) is 0.333. The molecule has 0 aliphatic carbocycles. The Labute approximate surface area is 95.0 Å². The molecule has 78 valence electrons. The third kappa shape index (κ3) is 2.90. The summed E-state index contributed by atoms with van der Waals surface area (Å²) in [5.41, 5.74) is -1.07. The van der Waals surface area contributed by atoms with Crippen molar-refractivity contribution in [3.63, 3.8) is 0 Å². The number of benzene rings is 1. The lowest BCUT2D eigenvalue weighted by Crippen LogP contribution is -2.05. The van der Waals surface area contributed by atoms with Crippen LogP contribution in [0.4, 0.5) is 13.2 Å². The Balaban J connectivity index is 3.13. The highest BCUT2D eigenvalue weighted by Crippen LogP contribution is 2.33. The zero-order valence-electron chi connectivity index (χ0n) is 11.7. The molecule has 0 unspecified atom stereocenters. The zero-order chi connectivity index (χ0) is 15.1. The van der Waals surface area contributed by atoms with Gasteiger partial charge in [0.2, 0.25) is 0 Å². The molecule has 0 atom stereocenters. The van der Waals surface area contributed by atoms with Crippen LogP contribution in [0.25, 0.3) is 0 Å². The van der Waals surface area contributed by atoms with Gasteiger partial charge in [0.05, 0.1) is 14.9 Å². The number of hydrogen-bond acceptors (Lipinski definition) is 1. The molecule has 1 rings (SSSR count). The first-order chi connectivity index (χ1) is 8.33. The number of ether oxygens (including phenoxy) is 1. The van der Waals surface area contributed by atoms with Crippen LogP contribution in [-0.2, 0) is 6.18 Å². The van der Waals surface area contributed by atoms with E-state index in [2.05, 4.69) is 20.7 Å². The van der Waals surface area contributed by atoms with E-state index in [0.717, 1.165) is 12.1 Å². The van der Waals surface area contributed by atoms with Crippen LogP contribution in [-0.4, -0.2) is 6.56 Å². The summed E-state index contributed by atoms with van der Waals surface area (Å²) in [6.07, 6.45) is -4.64. The maximum absolute atomic E-state index is 12.5. The lowest BCUT2D eigenvalue weighted by atomic mass is 10.2. The highest BCUT2D eigenvalue weighted by Gasteiger charge is 2.31. The number of alkyl halides is 3. The Kier molecular flexibility index (Phi) is 1.80. The van der Waals surface area contributed by atoms with Crippen molar-refractivity contribution in [3.8, 4) is 5.75 Å². The van der Waals surface area contributed by atoms with E-state index in [4.69, 9.17) is 6.85 Å². The molecule has 0 fully saturated rings. The highest BCUT2D eigenvalue weighted by atomic mass is 79.9. The molecule has 14 heavy (non-hydrogen) atoms. The number of rotatable bonds is 2. The molecular formula is C9H8BrF3O. The molecule has 1 nitrogen and oxygen atoms in total. The normalized spacial score (nSPS) is 18.7. The molecule has 5 heteroatoms. The molecule has 0 amide bonds. The monoisotopic (exact) mass is 273 g/mol. The van der Waals surface area contributed by atoms with E-state index in [9.17, 15) is 13.2 Å². The predicted octanol–water partition coefficient (Wildman–Crippen LogP) is 3.87. The van der Waals surface area contributed by atoms with Crippen LogP contribution in [0.5, 0.6) is 5.75 Å². The van der Waals surface area contributed by atoms with Crippen molar-refractivity contribution in [2.45, 2.75) is 13.0 Å². The quantitative estimate of drug-likeness (QED) is 0.795. The van der Waals surface area contributed by atoms with Crippen LogP contribution in [0.1, 0.15) is 19.3 Å². The van der Waals surface area contributed by atoms with Gasteiger partial charge in [-0.2, -0.15) is 13.2 Å². The maximum atomic E-state index is 12.5. The third-order valence-corrected chi connectivity index (χ3v) is 1.83. The predicted molar refractivity (Wildman–Crippen MR) is 50.3 cm³/mol. The van der Waals surface area contributed by atoms with E-state index in [0.29, 0.717) is 6.07 Å². The average Bonchev–Trinajstić information content (AvgIpc) is 2.12. The fourth-order valence-electron chi connectivity index (χ4n) is 0.844. The zero-order valence-corrected chi connectivity index (χ0v) is 8.24. The van der Waals surface area contributed by atoms with Crippen LogP contribution in [0.2, 0.25) is 0 Å². The molecule has 0 N–H and O–H groups in total. The van der Waals surface area contributed by atoms with Crippen molar-refractivity contribution in [1.29, 1.82) is 0 Å². The molecule has 0 bridgehead atoms. The van der Waals surface area contributed by atoms with E-state index < -0.39 is 30.9 Å². The van der Waals surface area contributed by atoms with E-state index in [-0.39, 0.29) is 4.47 Å². The summed E-state index contributed by atoms with van der Waals surface area (Å²) < 4.78 is 77.3. The summed E-state index contributed by atoms with van der Waals surface area (Å²) in [5.74, 6) is -0.525. The standard InChI is InChI=1S/C9H8BrF3O/c1-2-14-8-4-6(9(11,12)13)3-7(10)5-8/h3-5H,2H2,1H3/i1D3,2D2. The first kappa shape index (κ1) is 6.00. The fourth-order valence-corrected chi connectivity index (χ4v) is 1.32. The molecular weight excluding hydrogens is 261 g/mol. The van der Waals surface area contributed by atoms with Crippen LogP contribution < -0.4 is 4.74 Å². The van der Waals surface area contributed by atoms with Gasteiger partial charge >= 0.3 is 6.18 Å². The van der Waals surface area contributed by atoms with Gasteiger partial charge in [0, 0.05) is 8.58 Å². The minimum atomic E-state index is -4.64. The molecule has 0 saturated carbocycles. The average molecular weight is 274 g/mol.